The third-order valence-corrected chi connectivity index (χ3v) is 7.34. The second-order valence-corrected chi connectivity index (χ2v) is 9.71. The van der Waals surface area contributed by atoms with Crippen LogP contribution in [0.1, 0.15) is 0 Å². The van der Waals surface area contributed by atoms with Gasteiger partial charge in [-0.15, -0.1) is 0 Å². The highest BCUT2D eigenvalue weighted by atomic mass is 35.7. The Hall–Kier alpha value is 0.640. The van der Waals surface area contributed by atoms with Gasteiger partial charge in [-0.05, 0) is 12.1 Å². The number of halogens is 1. The Bertz CT molecular complexity index is 228. The summed E-state index contributed by atoms with van der Waals surface area (Å²) in [5, 5.41) is 0. The minimum atomic E-state index is -0.386. The van der Waals surface area contributed by atoms with Gasteiger partial charge < -0.3 is 0 Å². The molecule has 1 aromatic carbocycles. The minimum Gasteiger partial charge on any atom is -0.0708 e. The van der Waals surface area contributed by atoms with Gasteiger partial charge in [-0.25, -0.2) is 0 Å². The van der Waals surface area contributed by atoms with Crippen LogP contribution in [0.3, 0.4) is 0 Å². The fourth-order valence-electron chi connectivity index (χ4n) is 0.774. The van der Waals surface area contributed by atoms with Crippen molar-refractivity contribution in [1.29, 1.82) is 0 Å². The van der Waals surface area contributed by atoms with Crippen molar-refractivity contribution in [3.8, 4) is 0 Å². The number of fused-ring (bicyclic) bond motifs is 1. The van der Waals surface area contributed by atoms with E-state index in [4.69, 9.17) is 11.2 Å². The van der Waals surface area contributed by atoms with Gasteiger partial charge in [-0.1, -0.05) is 46.1 Å². The van der Waals surface area contributed by atoms with Gasteiger partial charge in [-0.3, -0.25) is 0 Å². The average molecular weight is 207 g/mol. The molecule has 0 bridgehead atoms. The first-order valence-electron chi connectivity index (χ1n) is 2.77. The maximum absolute atomic E-state index is 5.97. The molecule has 0 saturated heterocycles. The highest BCUT2D eigenvalue weighted by Crippen LogP contribution is 2.76. The third kappa shape index (κ3) is 1.31. The van der Waals surface area contributed by atoms with Gasteiger partial charge in [0.1, 0.15) is 5.68 Å². The quantitative estimate of drug-likeness (QED) is 0.579. The Kier molecular flexibility index (Phi) is 2.15. The summed E-state index contributed by atoms with van der Waals surface area (Å²) < 4.78 is 0. The smallest absolute Gasteiger partial charge is 0.0708 e. The molecule has 0 nitrogen and oxygen atoms in total. The summed E-state index contributed by atoms with van der Waals surface area (Å²) in [4.78, 5) is 2.68. The molecule has 1 aliphatic heterocycles. The predicted octanol–water partition coefficient (Wildman–Crippen LogP) is 4.35. The molecular formula is C6H4ClPS2. The largest absolute Gasteiger partial charge is 0.119 e. The summed E-state index contributed by atoms with van der Waals surface area (Å²) in [5.41, 5.74) is -0.386. The fraction of sp³-hybridized carbons (Fsp3) is 0. The fourth-order valence-corrected chi connectivity index (χ4v) is 7.45. The lowest BCUT2D eigenvalue weighted by atomic mass is 10.4. The van der Waals surface area contributed by atoms with E-state index in [0.717, 1.165) is 0 Å². The zero-order valence-corrected chi connectivity index (χ0v) is 8.23. The van der Waals surface area contributed by atoms with Gasteiger partial charge in [0, 0.05) is 9.79 Å². The molecule has 0 atom stereocenters. The molecule has 4 heteroatoms. The molecule has 0 aromatic heterocycles. The molecule has 0 N–H and O–H groups in total. The Morgan fingerprint density at radius 3 is 2.10 bits per heavy atom. The van der Waals surface area contributed by atoms with Crippen LogP contribution >= 0.6 is 39.7 Å². The number of hydrogen-bond donors (Lipinski definition) is 0. The number of rotatable bonds is 0. The maximum Gasteiger partial charge on any atom is 0.119 e. The average Bonchev–Trinajstić information content (AvgIpc) is 2.27. The highest BCUT2D eigenvalue weighted by Gasteiger charge is 2.19. The molecule has 10 heavy (non-hydrogen) atoms. The van der Waals surface area contributed by atoms with Gasteiger partial charge in [0.05, 0.1) is 0 Å². The molecule has 0 saturated carbocycles. The van der Waals surface area contributed by atoms with Gasteiger partial charge in [0.2, 0.25) is 0 Å². The SMILES string of the molecule is ClP1Sc2ccccc2S1. The molecule has 0 fully saturated rings. The van der Waals surface area contributed by atoms with E-state index in [0.29, 0.717) is 0 Å². The van der Waals surface area contributed by atoms with Crippen LogP contribution in [0.15, 0.2) is 34.1 Å². The summed E-state index contributed by atoms with van der Waals surface area (Å²) in [7, 11) is 0. The monoisotopic (exact) mass is 206 g/mol. The van der Waals surface area contributed by atoms with Crippen molar-refractivity contribution in [3.05, 3.63) is 24.3 Å². The van der Waals surface area contributed by atoms with Crippen LogP contribution in [0, 0.1) is 0 Å². The zero-order chi connectivity index (χ0) is 6.97. The maximum atomic E-state index is 5.97. The Morgan fingerprint density at radius 1 is 1.10 bits per heavy atom. The lowest BCUT2D eigenvalue weighted by Crippen LogP contribution is -1.65. The summed E-state index contributed by atoms with van der Waals surface area (Å²) in [6, 6.07) is 8.35. The van der Waals surface area contributed by atoms with E-state index in [1.807, 2.05) is 0 Å². The summed E-state index contributed by atoms with van der Waals surface area (Å²) in [6.45, 7) is 0. The molecule has 0 aliphatic carbocycles. The van der Waals surface area contributed by atoms with Crippen molar-refractivity contribution in [3.63, 3.8) is 0 Å². The second-order valence-electron chi connectivity index (χ2n) is 1.84. The van der Waals surface area contributed by atoms with Crippen LogP contribution in [0.4, 0.5) is 0 Å². The van der Waals surface area contributed by atoms with Crippen molar-refractivity contribution in [2.24, 2.45) is 0 Å². The first kappa shape index (κ1) is 7.30. The standard InChI is InChI=1S/C6H4ClPS2/c7-8-9-5-3-1-2-4-6(5)10-8/h1-4H. The van der Waals surface area contributed by atoms with Crippen LogP contribution in [0.25, 0.3) is 0 Å². The summed E-state index contributed by atoms with van der Waals surface area (Å²) >= 11 is 9.54. The normalized spacial score (nSPS) is 17.3. The number of benzene rings is 1. The third-order valence-electron chi connectivity index (χ3n) is 1.19. The van der Waals surface area contributed by atoms with Gasteiger partial charge in [0.15, 0.2) is 0 Å². The van der Waals surface area contributed by atoms with Crippen LogP contribution in [0.5, 0.6) is 0 Å². The zero-order valence-electron chi connectivity index (χ0n) is 4.95. The molecule has 0 unspecified atom stereocenters. The molecule has 0 radical (unpaired) electrons. The molecular weight excluding hydrogens is 203 g/mol. The van der Waals surface area contributed by atoms with Gasteiger partial charge in [-0.2, -0.15) is 0 Å². The van der Waals surface area contributed by atoms with Crippen molar-refractivity contribution < 1.29 is 0 Å². The van der Waals surface area contributed by atoms with Crippen molar-refractivity contribution in [1.82, 2.24) is 0 Å². The Balaban J connectivity index is 2.42. The molecule has 1 aromatic rings. The predicted molar refractivity (Wildman–Crippen MR) is 50.9 cm³/mol. The number of hydrogen-bond acceptors (Lipinski definition) is 2. The molecule has 0 spiro atoms. The second kappa shape index (κ2) is 2.94. The van der Waals surface area contributed by atoms with Crippen LogP contribution in [-0.2, 0) is 0 Å². The molecule has 2 rings (SSSR count). The summed E-state index contributed by atoms with van der Waals surface area (Å²) in [5.74, 6) is 0. The van der Waals surface area contributed by atoms with E-state index in [1.165, 1.54) is 9.79 Å². The first-order chi connectivity index (χ1) is 4.86. The van der Waals surface area contributed by atoms with Crippen LogP contribution < -0.4 is 0 Å². The van der Waals surface area contributed by atoms with Crippen LogP contribution in [-0.4, -0.2) is 0 Å². The van der Waals surface area contributed by atoms with Gasteiger partial charge in [0.25, 0.3) is 0 Å². The lowest BCUT2D eigenvalue weighted by Gasteiger charge is -1.89. The molecule has 1 aliphatic rings. The lowest BCUT2D eigenvalue weighted by molar-refractivity contribution is 1.27. The Labute approximate surface area is 73.8 Å². The van der Waals surface area contributed by atoms with E-state index < -0.39 is 0 Å². The minimum absolute atomic E-state index is 0.386. The topological polar surface area (TPSA) is 0 Å². The molecule has 52 valence electrons. The van der Waals surface area contributed by atoms with Crippen molar-refractivity contribution >= 4 is 39.7 Å². The van der Waals surface area contributed by atoms with E-state index >= 15 is 0 Å². The van der Waals surface area contributed by atoms with E-state index in [2.05, 4.69) is 24.3 Å². The van der Waals surface area contributed by atoms with E-state index in [1.54, 1.807) is 22.8 Å². The molecule has 1 heterocycles. The van der Waals surface area contributed by atoms with Crippen LogP contribution in [0.2, 0.25) is 0 Å². The highest BCUT2D eigenvalue weighted by molar-refractivity contribution is 8.95. The van der Waals surface area contributed by atoms with Crippen molar-refractivity contribution in [2.45, 2.75) is 9.79 Å². The van der Waals surface area contributed by atoms with E-state index in [-0.39, 0.29) is 5.68 Å². The summed E-state index contributed by atoms with van der Waals surface area (Å²) in [6.07, 6.45) is 0. The first-order valence-corrected chi connectivity index (χ1v) is 7.86. The van der Waals surface area contributed by atoms with Crippen molar-refractivity contribution in [2.75, 3.05) is 0 Å². The van der Waals surface area contributed by atoms with Gasteiger partial charge >= 0.3 is 0 Å². The Morgan fingerprint density at radius 2 is 1.60 bits per heavy atom. The van der Waals surface area contributed by atoms with E-state index in [9.17, 15) is 0 Å². The molecule has 0 amide bonds.